The first-order chi connectivity index (χ1) is 8.28. The van der Waals surface area contributed by atoms with E-state index < -0.39 is 0 Å². The topological polar surface area (TPSA) is 43.4 Å². The van der Waals surface area contributed by atoms with Gasteiger partial charge in [0.1, 0.15) is 12.0 Å². The SMILES string of the molecule is O=Cc1cccc(OC(=O)Cc2cccs2)c1. The van der Waals surface area contributed by atoms with Gasteiger partial charge in [-0.15, -0.1) is 11.3 Å². The summed E-state index contributed by atoms with van der Waals surface area (Å²) in [6.07, 6.45) is 0.972. The molecule has 1 aromatic heterocycles. The molecule has 2 aromatic rings. The largest absolute Gasteiger partial charge is 0.426 e. The van der Waals surface area contributed by atoms with Gasteiger partial charge in [0.15, 0.2) is 0 Å². The second kappa shape index (κ2) is 5.41. The van der Waals surface area contributed by atoms with E-state index in [-0.39, 0.29) is 12.4 Å². The number of thiophene rings is 1. The molecule has 17 heavy (non-hydrogen) atoms. The second-order valence-electron chi connectivity index (χ2n) is 3.42. The molecule has 0 aliphatic heterocycles. The maximum Gasteiger partial charge on any atom is 0.316 e. The number of esters is 1. The molecule has 4 heteroatoms. The summed E-state index contributed by atoms with van der Waals surface area (Å²) in [5.41, 5.74) is 0.492. The molecular weight excluding hydrogens is 236 g/mol. The highest BCUT2D eigenvalue weighted by Crippen LogP contribution is 2.14. The number of aldehydes is 1. The molecule has 0 bridgehead atoms. The number of ether oxygens (including phenoxy) is 1. The van der Waals surface area contributed by atoms with Crippen LogP contribution in [0.15, 0.2) is 41.8 Å². The van der Waals surface area contributed by atoms with Gasteiger partial charge in [-0.2, -0.15) is 0 Å². The fourth-order valence-electron chi connectivity index (χ4n) is 1.37. The number of hydrogen-bond acceptors (Lipinski definition) is 4. The van der Waals surface area contributed by atoms with Crippen LogP contribution in [0.4, 0.5) is 0 Å². The minimum atomic E-state index is -0.324. The van der Waals surface area contributed by atoms with Gasteiger partial charge in [0, 0.05) is 10.4 Å². The lowest BCUT2D eigenvalue weighted by molar-refractivity contribution is -0.133. The Labute approximate surface area is 103 Å². The van der Waals surface area contributed by atoms with Gasteiger partial charge in [0.25, 0.3) is 0 Å². The van der Waals surface area contributed by atoms with Gasteiger partial charge in [0.05, 0.1) is 6.42 Å². The van der Waals surface area contributed by atoms with E-state index in [1.165, 1.54) is 11.3 Å². The normalized spacial score (nSPS) is 9.88. The van der Waals surface area contributed by atoms with Gasteiger partial charge >= 0.3 is 5.97 Å². The molecule has 0 aliphatic carbocycles. The Bertz CT molecular complexity index is 517. The molecule has 0 saturated carbocycles. The van der Waals surface area contributed by atoms with Crippen molar-refractivity contribution in [1.29, 1.82) is 0 Å². The van der Waals surface area contributed by atoms with Crippen LogP contribution in [-0.2, 0) is 11.2 Å². The van der Waals surface area contributed by atoms with Gasteiger partial charge in [-0.25, -0.2) is 0 Å². The Hall–Kier alpha value is -1.94. The van der Waals surface area contributed by atoms with E-state index in [4.69, 9.17) is 4.74 Å². The third-order valence-electron chi connectivity index (χ3n) is 2.12. The first-order valence-corrected chi connectivity index (χ1v) is 5.94. The molecule has 0 amide bonds. The van der Waals surface area contributed by atoms with Crippen LogP contribution in [0.3, 0.4) is 0 Å². The third-order valence-corrected chi connectivity index (χ3v) is 3.00. The summed E-state index contributed by atoms with van der Waals surface area (Å²) in [5, 5.41) is 1.91. The number of carbonyl (C=O) groups is 2. The van der Waals surface area contributed by atoms with Crippen LogP contribution < -0.4 is 4.74 Å². The number of carbonyl (C=O) groups excluding carboxylic acids is 2. The van der Waals surface area contributed by atoms with Crippen molar-refractivity contribution in [2.45, 2.75) is 6.42 Å². The molecule has 86 valence electrons. The summed E-state index contributed by atoms with van der Waals surface area (Å²) in [7, 11) is 0. The highest BCUT2D eigenvalue weighted by atomic mass is 32.1. The molecule has 0 spiro atoms. The van der Waals surface area contributed by atoms with E-state index in [2.05, 4.69) is 0 Å². The van der Waals surface area contributed by atoms with Crippen molar-refractivity contribution in [2.24, 2.45) is 0 Å². The minimum Gasteiger partial charge on any atom is -0.426 e. The summed E-state index contributed by atoms with van der Waals surface area (Å²) in [6.45, 7) is 0. The van der Waals surface area contributed by atoms with Crippen LogP contribution in [0.5, 0.6) is 5.75 Å². The Kier molecular flexibility index (Phi) is 3.67. The standard InChI is InChI=1S/C13H10O3S/c14-9-10-3-1-4-11(7-10)16-13(15)8-12-5-2-6-17-12/h1-7,9H,8H2. The Balaban J connectivity index is 2.00. The van der Waals surface area contributed by atoms with Crippen molar-refractivity contribution >= 4 is 23.6 Å². The quantitative estimate of drug-likeness (QED) is 0.473. The Morgan fingerprint density at radius 3 is 2.88 bits per heavy atom. The summed E-state index contributed by atoms with van der Waals surface area (Å²) < 4.78 is 5.14. The van der Waals surface area contributed by atoms with Crippen LogP contribution >= 0.6 is 11.3 Å². The number of rotatable bonds is 4. The molecule has 0 saturated heterocycles. The van der Waals surface area contributed by atoms with Crippen LogP contribution in [0.2, 0.25) is 0 Å². The van der Waals surface area contributed by atoms with E-state index in [0.29, 0.717) is 11.3 Å². The van der Waals surface area contributed by atoms with E-state index in [0.717, 1.165) is 11.2 Å². The van der Waals surface area contributed by atoms with Gasteiger partial charge in [0.2, 0.25) is 0 Å². The van der Waals surface area contributed by atoms with E-state index in [9.17, 15) is 9.59 Å². The Morgan fingerprint density at radius 2 is 2.18 bits per heavy atom. The average molecular weight is 246 g/mol. The zero-order chi connectivity index (χ0) is 12.1. The summed E-state index contributed by atoms with van der Waals surface area (Å²) in [6, 6.07) is 10.3. The molecule has 0 radical (unpaired) electrons. The predicted molar refractivity (Wildman–Crippen MR) is 65.5 cm³/mol. The zero-order valence-corrected chi connectivity index (χ0v) is 9.78. The molecule has 1 aromatic carbocycles. The van der Waals surface area contributed by atoms with Gasteiger partial charge in [-0.1, -0.05) is 18.2 Å². The van der Waals surface area contributed by atoms with Gasteiger partial charge < -0.3 is 4.74 Å². The fraction of sp³-hybridized carbons (Fsp3) is 0.0769. The first kappa shape index (κ1) is 11.5. The summed E-state index contributed by atoms with van der Waals surface area (Å²) >= 11 is 1.51. The van der Waals surface area contributed by atoms with Crippen molar-refractivity contribution in [3.05, 3.63) is 52.2 Å². The van der Waals surface area contributed by atoms with Crippen molar-refractivity contribution in [2.75, 3.05) is 0 Å². The van der Waals surface area contributed by atoms with Crippen LogP contribution in [0.25, 0.3) is 0 Å². The smallest absolute Gasteiger partial charge is 0.316 e. The van der Waals surface area contributed by atoms with Crippen molar-refractivity contribution in [1.82, 2.24) is 0 Å². The first-order valence-electron chi connectivity index (χ1n) is 5.06. The van der Waals surface area contributed by atoms with Gasteiger partial charge in [-0.3, -0.25) is 9.59 Å². The summed E-state index contributed by atoms with van der Waals surface area (Å²) in [4.78, 5) is 23.1. The molecule has 1 heterocycles. The zero-order valence-electron chi connectivity index (χ0n) is 8.96. The highest BCUT2D eigenvalue weighted by Gasteiger charge is 2.07. The van der Waals surface area contributed by atoms with Crippen molar-refractivity contribution in [3.8, 4) is 5.75 Å². The van der Waals surface area contributed by atoms with Crippen LogP contribution in [0, 0.1) is 0 Å². The third kappa shape index (κ3) is 3.26. The maximum atomic E-state index is 11.6. The van der Waals surface area contributed by atoms with Crippen molar-refractivity contribution in [3.63, 3.8) is 0 Å². The van der Waals surface area contributed by atoms with Gasteiger partial charge in [-0.05, 0) is 23.6 Å². The lowest BCUT2D eigenvalue weighted by Crippen LogP contribution is -2.10. The predicted octanol–water partition coefficient (Wildman–Crippen LogP) is 2.71. The van der Waals surface area contributed by atoms with E-state index in [1.54, 1.807) is 24.3 Å². The minimum absolute atomic E-state index is 0.253. The van der Waals surface area contributed by atoms with Crippen molar-refractivity contribution < 1.29 is 14.3 Å². The highest BCUT2D eigenvalue weighted by molar-refractivity contribution is 7.10. The maximum absolute atomic E-state index is 11.6. The lowest BCUT2D eigenvalue weighted by atomic mass is 10.2. The average Bonchev–Trinajstić information content (AvgIpc) is 2.82. The summed E-state index contributed by atoms with van der Waals surface area (Å²) in [5.74, 6) is 0.0756. The molecule has 0 aliphatic rings. The molecule has 2 rings (SSSR count). The molecule has 0 atom stereocenters. The lowest BCUT2D eigenvalue weighted by Gasteiger charge is -2.03. The van der Waals surface area contributed by atoms with Crippen LogP contribution in [0.1, 0.15) is 15.2 Å². The van der Waals surface area contributed by atoms with E-state index >= 15 is 0 Å². The number of benzene rings is 1. The second-order valence-corrected chi connectivity index (χ2v) is 4.45. The Morgan fingerprint density at radius 1 is 1.29 bits per heavy atom. The number of hydrogen-bond donors (Lipinski definition) is 0. The molecule has 3 nitrogen and oxygen atoms in total. The molecule has 0 unspecified atom stereocenters. The molecule has 0 N–H and O–H groups in total. The van der Waals surface area contributed by atoms with E-state index in [1.807, 2.05) is 17.5 Å². The fourth-order valence-corrected chi connectivity index (χ4v) is 2.06. The molecular formula is C13H10O3S. The molecule has 0 fully saturated rings. The monoisotopic (exact) mass is 246 g/mol. The van der Waals surface area contributed by atoms with Crippen LogP contribution in [-0.4, -0.2) is 12.3 Å².